The summed E-state index contributed by atoms with van der Waals surface area (Å²) in [5, 5.41) is 0.250. The van der Waals surface area contributed by atoms with Crippen LogP contribution in [0.1, 0.15) is 26.7 Å². The quantitative estimate of drug-likeness (QED) is 0.486. The van der Waals surface area contributed by atoms with Crippen molar-refractivity contribution in [3.63, 3.8) is 0 Å². The molecule has 1 radical (unpaired) electrons. The Morgan fingerprint density at radius 3 is 1.71 bits per heavy atom. The maximum atomic E-state index is 3.97. The summed E-state index contributed by atoms with van der Waals surface area (Å²) in [5.41, 5.74) is 0. The first-order valence-electron chi connectivity index (χ1n) is 2.76. The average Bonchev–Trinajstić information content (AvgIpc) is 1.68. The Labute approximate surface area is 48.9 Å². The smallest absolute Gasteiger partial charge is 0.0155 e. The Kier molecular flexibility index (Phi) is 2.83. The Hall–Kier alpha value is 0.430. The van der Waals surface area contributed by atoms with Gasteiger partial charge < -0.3 is 0 Å². The molecule has 0 heterocycles. The molecule has 0 saturated heterocycles. The van der Waals surface area contributed by atoms with E-state index in [0.717, 1.165) is 12.8 Å². The van der Waals surface area contributed by atoms with Crippen molar-refractivity contribution in [1.82, 2.24) is 0 Å². The monoisotopic (exact) mass is 117 g/mol. The van der Waals surface area contributed by atoms with Crippen molar-refractivity contribution in [3.05, 3.63) is 6.92 Å². The van der Waals surface area contributed by atoms with E-state index >= 15 is 0 Å². The lowest BCUT2D eigenvalue weighted by Gasteiger charge is -2.18. The Balaban J connectivity index is 3.36. The van der Waals surface area contributed by atoms with Crippen LogP contribution in [0.3, 0.4) is 0 Å². The topological polar surface area (TPSA) is 0 Å². The van der Waals surface area contributed by atoms with Gasteiger partial charge in [-0.15, -0.1) is 9.24 Å². The van der Waals surface area contributed by atoms with E-state index in [4.69, 9.17) is 0 Å². The van der Waals surface area contributed by atoms with Gasteiger partial charge in [0.05, 0.1) is 0 Å². The molecule has 0 nitrogen and oxygen atoms in total. The van der Waals surface area contributed by atoms with Crippen LogP contribution < -0.4 is 0 Å². The maximum absolute atomic E-state index is 3.97. The van der Waals surface area contributed by atoms with E-state index in [0.29, 0.717) is 0 Å². The van der Waals surface area contributed by atoms with Gasteiger partial charge in [0.1, 0.15) is 0 Å². The van der Waals surface area contributed by atoms with E-state index in [1.54, 1.807) is 0 Å². The van der Waals surface area contributed by atoms with Crippen LogP contribution in [0.25, 0.3) is 0 Å². The van der Waals surface area contributed by atoms with Gasteiger partial charge in [0.15, 0.2) is 0 Å². The molecule has 0 aliphatic rings. The van der Waals surface area contributed by atoms with Crippen LogP contribution in [-0.2, 0) is 0 Å². The van der Waals surface area contributed by atoms with Crippen LogP contribution in [0, 0.1) is 6.92 Å². The lowest BCUT2D eigenvalue weighted by molar-refractivity contribution is 0.656. The Bertz CT molecular complexity index is 42.1. The van der Waals surface area contributed by atoms with Crippen molar-refractivity contribution in [2.24, 2.45) is 0 Å². The van der Waals surface area contributed by atoms with Crippen LogP contribution in [-0.4, -0.2) is 5.16 Å². The second-order valence-electron chi connectivity index (χ2n) is 2.07. The summed E-state index contributed by atoms with van der Waals surface area (Å²) in [6.07, 6.45) is 2.29. The highest BCUT2D eigenvalue weighted by Crippen LogP contribution is 2.24. The van der Waals surface area contributed by atoms with Crippen molar-refractivity contribution >= 4 is 9.24 Å². The largest absolute Gasteiger partial charge is 0.131 e. The fourth-order valence-corrected chi connectivity index (χ4v) is 0.250. The lowest BCUT2D eigenvalue weighted by Crippen LogP contribution is -2.11. The lowest BCUT2D eigenvalue weighted by atomic mass is 10.1. The molecule has 0 spiro atoms. The predicted octanol–water partition coefficient (Wildman–Crippen LogP) is 2.25. The van der Waals surface area contributed by atoms with Crippen LogP contribution in [0.4, 0.5) is 0 Å². The summed E-state index contributed by atoms with van der Waals surface area (Å²) in [4.78, 5) is 0. The van der Waals surface area contributed by atoms with Gasteiger partial charge in [-0.3, -0.25) is 0 Å². The molecular weight excluding hydrogens is 103 g/mol. The summed E-state index contributed by atoms with van der Waals surface area (Å²) in [5.74, 6) is 0. The zero-order valence-electron chi connectivity index (χ0n) is 5.20. The van der Waals surface area contributed by atoms with Crippen LogP contribution in [0.15, 0.2) is 0 Å². The number of rotatable bonds is 2. The van der Waals surface area contributed by atoms with Crippen molar-refractivity contribution in [3.8, 4) is 0 Å². The van der Waals surface area contributed by atoms with Crippen molar-refractivity contribution in [2.45, 2.75) is 31.8 Å². The first-order valence-corrected chi connectivity index (χ1v) is 3.34. The third-order valence-corrected chi connectivity index (χ3v) is 2.22. The van der Waals surface area contributed by atoms with E-state index in [-0.39, 0.29) is 5.16 Å². The van der Waals surface area contributed by atoms with Gasteiger partial charge in [0.2, 0.25) is 0 Å². The van der Waals surface area contributed by atoms with E-state index < -0.39 is 0 Å². The first kappa shape index (κ1) is 7.43. The van der Waals surface area contributed by atoms with Gasteiger partial charge in [-0.2, -0.15) is 0 Å². The molecule has 1 atom stereocenters. The van der Waals surface area contributed by atoms with Gasteiger partial charge in [-0.05, 0) is 24.9 Å². The van der Waals surface area contributed by atoms with Crippen LogP contribution >= 0.6 is 9.24 Å². The fourth-order valence-electron chi connectivity index (χ4n) is 0.250. The third kappa shape index (κ3) is 3.05. The van der Waals surface area contributed by atoms with Crippen LogP contribution in [0.5, 0.6) is 0 Å². The highest BCUT2D eigenvalue weighted by atomic mass is 31.0. The normalized spacial score (nSPS) is 12.0. The fraction of sp³-hybridized carbons (Fsp3) is 0.833. The molecule has 43 valence electrons. The zero-order chi connectivity index (χ0) is 5.91. The van der Waals surface area contributed by atoms with Crippen molar-refractivity contribution in [2.75, 3.05) is 0 Å². The molecule has 1 heteroatoms. The Morgan fingerprint density at radius 1 is 1.43 bits per heavy atom. The molecule has 0 aromatic heterocycles. The molecule has 0 bridgehead atoms. The molecule has 7 heavy (non-hydrogen) atoms. The molecule has 0 aromatic carbocycles. The number of hydrogen-bond acceptors (Lipinski definition) is 0. The minimum absolute atomic E-state index is 0.250. The minimum Gasteiger partial charge on any atom is -0.131 e. The summed E-state index contributed by atoms with van der Waals surface area (Å²) in [6.45, 7) is 8.28. The number of hydrogen-bond donors (Lipinski definition) is 0. The van der Waals surface area contributed by atoms with Gasteiger partial charge in [-0.1, -0.05) is 13.8 Å². The SMILES string of the molecule is [CH2]C(P)(CC)CC. The van der Waals surface area contributed by atoms with E-state index in [2.05, 4.69) is 30.0 Å². The third-order valence-electron chi connectivity index (χ3n) is 1.41. The van der Waals surface area contributed by atoms with Gasteiger partial charge in [-0.25, -0.2) is 0 Å². The van der Waals surface area contributed by atoms with Crippen LogP contribution in [0.2, 0.25) is 0 Å². The summed E-state index contributed by atoms with van der Waals surface area (Å²) < 4.78 is 0. The van der Waals surface area contributed by atoms with E-state index in [1.807, 2.05) is 0 Å². The van der Waals surface area contributed by atoms with Gasteiger partial charge >= 0.3 is 0 Å². The molecular formula is C6H14P. The molecule has 0 rings (SSSR count). The van der Waals surface area contributed by atoms with Crippen molar-refractivity contribution < 1.29 is 0 Å². The highest BCUT2D eigenvalue weighted by Gasteiger charge is 2.10. The minimum atomic E-state index is 0.250. The molecule has 0 aliphatic carbocycles. The molecule has 0 N–H and O–H groups in total. The predicted molar refractivity (Wildman–Crippen MR) is 38.4 cm³/mol. The summed E-state index contributed by atoms with van der Waals surface area (Å²) in [7, 11) is 2.76. The molecule has 0 aromatic rings. The van der Waals surface area contributed by atoms with E-state index in [1.165, 1.54) is 0 Å². The molecule has 0 saturated carbocycles. The van der Waals surface area contributed by atoms with E-state index in [9.17, 15) is 0 Å². The maximum Gasteiger partial charge on any atom is -0.0155 e. The Morgan fingerprint density at radius 2 is 1.71 bits per heavy atom. The standard InChI is InChI=1S/C6H14P/c1-4-6(3,7)5-2/h3-5,7H2,1-2H3. The molecule has 1 unspecified atom stereocenters. The molecule has 0 fully saturated rings. The highest BCUT2D eigenvalue weighted by molar-refractivity contribution is 7.19. The first-order chi connectivity index (χ1) is 3.12. The summed E-state index contributed by atoms with van der Waals surface area (Å²) in [6, 6.07) is 0. The molecule has 0 amide bonds. The second-order valence-corrected chi connectivity index (χ2v) is 3.29. The molecule has 0 aliphatic heterocycles. The summed E-state index contributed by atoms with van der Waals surface area (Å²) >= 11 is 0. The zero-order valence-corrected chi connectivity index (χ0v) is 6.35. The van der Waals surface area contributed by atoms with Gasteiger partial charge in [0, 0.05) is 0 Å². The average molecular weight is 117 g/mol. The van der Waals surface area contributed by atoms with Crippen molar-refractivity contribution in [1.29, 1.82) is 0 Å². The second kappa shape index (κ2) is 2.67. The van der Waals surface area contributed by atoms with Gasteiger partial charge in [0.25, 0.3) is 0 Å².